The summed E-state index contributed by atoms with van der Waals surface area (Å²) in [7, 11) is 0. The molecule has 1 fully saturated rings. The first-order chi connectivity index (χ1) is 10.8. The van der Waals surface area contributed by atoms with E-state index in [1.54, 1.807) is 11.1 Å². The van der Waals surface area contributed by atoms with Gasteiger partial charge >= 0.3 is 0 Å². The molecule has 22 heavy (non-hydrogen) atoms. The SMILES string of the molecule is CCC(C)c1ccccc1C(Cc1ccccc1)C1CCC1. The molecule has 0 heteroatoms. The van der Waals surface area contributed by atoms with Crippen LogP contribution in [0.25, 0.3) is 0 Å². The molecule has 0 saturated heterocycles. The van der Waals surface area contributed by atoms with Gasteiger partial charge in [-0.2, -0.15) is 0 Å². The van der Waals surface area contributed by atoms with E-state index in [1.165, 1.54) is 37.7 Å². The molecule has 2 atom stereocenters. The van der Waals surface area contributed by atoms with Crippen molar-refractivity contribution in [3.8, 4) is 0 Å². The Bertz CT molecular complexity index is 580. The molecule has 3 rings (SSSR count). The molecule has 1 aliphatic rings. The fraction of sp³-hybridized carbons (Fsp3) is 0.455. The number of hydrogen-bond donors (Lipinski definition) is 0. The van der Waals surface area contributed by atoms with E-state index in [4.69, 9.17) is 0 Å². The van der Waals surface area contributed by atoms with E-state index < -0.39 is 0 Å². The highest BCUT2D eigenvalue weighted by Gasteiger charge is 2.30. The summed E-state index contributed by atoms with van der Waals surface area (Å²) in [5, 5.41) is 0. The molecule has 0 spiro atoms. The summed E-state index contributed by atoms with van der Waals surface area (Å²) in [6, 6.07) is 20.3. The summed E-state index contributed by atoms with van der Waals surface area (Å²) in [5.41, 5.74) is 4.68. The number of benzene rings is 2. The van der Waals surface area contributed by atoms with Crippen molar-refractivity contribution in [3.05, 3.63) is 71.3 Å². The lowest BCUT2D eigenvalue weighted by atomic mass is 9.69. The second kappa shape index (κ2) is 7.13. The van der Waals surface area contributed by atoms with Crippen LogP contribution in [0.1, 0.15) is 68.1 Å². The van der Waals surface area contributed by atoms with Crippen LogP contribution in [0.5, 0.6) is 0 Å². The van der Waals surface area contributed by atoms with Gasteiger partial charge in [0.05, 0.1) is 0 Å². The van der Waals surface area contributed by atoms with E-state index in [-0.39, 0.29) is 0 Å². The normalized spacial score (nSPS) is 17.7. The van der Waals surface area contributed by atoms with Gasteiger partial charge in [0.25, 0.3) is 0 Å². The Morgan fingerprint density at radius 3 is 2.14 bits per heavy atom. The van der Waals surface area contributed by atoms with Crippen LogP contribution in [0.3, 0.4) is 0 Å². The molecule has 0 amide bonds. The Balaban J connectivity index is 1.92. The largest absolute Gasteiger partial charge is 0.0648 e. The fourth-order valence-corrected chi connectivity index (χ4v) is 3.76. The minimum absolute atomic E-state index is 0.662. The van der Waals surface area contributed by atoms with E-state index in [2.05, 4.69) is 68.4 Å². The van der Waals surface area contributed by atoms with Crippen molar-refractivity contribution in [1.82, 2.24) is 0 Å². The fourth-order valence-electron chi connectivity index (χ4n) is 3.76. The van der Waals surface area contributed by atoms with Gasteiger partial charge in [-0.25, -0.2) is 0 Å². The van der Waals surface area contributed by atoms with Crippen LogP contribution < -0.4 is 0 Å². The van der Waals surface area contributed by atoms with Gasteiger partial charge in [0.1, 0.15) is 0 Å². The Kier molecular flexibility index (Phi) is 4.97. The summed E-state index contributed by atoms with van der Waals surface area (Å²) >= 11 is 0. The molecule has 0 nitrogen and oxygen atoms in total. The Labute approximate surface area is 135 Å². The smallest absolute Gasteiger partial charge is 0.00903 e. The summed E-state index contributed by atoms with van der Waals surface area (Å²) in [4.78, 5) is 0. The van der Waals surface area contributed by atoms with Crippen LogP contribution >= 0.6 is 0 Å². The predicted octanol–water partition coefficient (Wildman–Crippen LogP) is 6.33. The quantitative estimate of drug-likeness (QED) is 0.584. The van der Waals surface area contributed by atoms with E-state index >= 15 is 0 Å². The van der Waals surface area contributed by atoms with Gasteiger partial charge in [-0.1, -0.05) is 74.9 Å². The molecule has 0 heterocycles. The molecule has 0 bridgehead atoms. The van der Waals surface area contributed by atoms with Crippen LogP contribution in [-0.4, -0.2) is 0 Å². The zero-order valence-corrected chi connectivity index (χ0v) is 14.0. The number of rotatable bonds is 6. The van der Waals surface area contributed by atoms with Crippen molar-refractivity contribution in [2.24, 2.45) is 5.92 Å². The Hall–Kier alpha value is -1.56. The highest BCUT2D eigenvalue weighted by Crippen LogP contribution is 2.43. The summed E-state index contributed by atoms with van der Waals surface area (Å²) in [6.45, 7) is 4.68. The van der Waals surface area contributed by atoms with Crippen molar-refractivity contribution >= 4 is 0 Å². The molecule has 2 aromatic rings. The van der Waals surface area contributed by atoms with Gasteiger partial charge in [-0.05, 0) is 60.1 Å². The van der Waals surface area contributed by atoms with Crippen LogP contribution in [0.4, 0.5) is 0 Å². The van der Waals surface area contributed by atoms with Gasteiger partial charge < -0.3 is 0 Å². The average molecular weight is 292 g/mol. The minimum Gasteiger partial charge on any atom is -0.0648 e. The first kappa shape index (κ1) is 15.3. The lowest BCUT2D eigenvalue weighted by Crippen LogP contribution is -2.23. The lowest BCUT2D eigenvalue weighted by Gasteiger charge is -2.36. The summed E-state index contributed by atoms with van der Waals surface area (Å²) in [6.07, 6.45) is 6.65. The van der Waals surface area contributed by atoms with E-state index in [9.17, 15) is 0 Å². The van der Waals surface area contributed by atoms with Crippen molar-refractivity contribution in [2.45, 2.75) is 57.8 Å². The van der Waals surface area contributed by atoms with Gasteiger partial charge in [-0.3, -0.25) is 0 Å². The molecule has 2 unspecified atom stereocenters. The van der Waals surface area contributed by atoms with E-state index in [0.717, 1.165) is 5.92 Å². The van der Waals surface area contributed by atoms with Crippen LogP contribution in [0.2, 0.25) is 0 Å². The third-order valence-corrected chi connectivity index (χ3v) is 5.56. The van der Waals surface area contributed by atoms with Gasteiger partial charge in [-0.15, -0.1) is 0 Å². The Morgan fingerprint density at radius 2 is 1.55 bits per heavy atom. The zero-order chi connectivity index (χ0) is 15.4. The monoisotopic (exact) mass is 292 g/mol. The summed E-state index contributed by atoms with van der Waals surface area (Å²) < 4.78 is 0. The molecule has 0 aliphatic heterocycles. The van der Waals surface area contributed by atoms with Crippen LogP contribution in [-0.2, 0) is 6.42 Å². The van der Waals surface area contributed by atoms with Crippen molar-refractivity contribution in [3.63, 3.8) is 0 Å². The first-order valence-electron chi connectivity index (χ1n) is 8.92. The Morgan fingerprint density at radius 1 is 0.909 bits per heavy atom. The first-order valence-corrected chi connectivity index (χ1v) is 8.92. The predicted molar refractivity (Wildman–Crippen MR) is 95.4 cm³/mol. The molecule has 1 aliphatic carbocycles. The van der Waals surface area contributed by atoms with E-state index in [0.29, 0.717) is 11.8 Å². The molecule has 1 saturated carbocycles. The van der Waals surface area contributed by atoms with Crippen molar-refractivity contribution < 1.29 is 0 Å². The standard InChI is InChI=1S/C22H28/c1-3-17(2)20-14-7-8-15-21(20)22(19-12-9-13-19)16-18-10-5-4-6-11-18/h4-8,10-11,14-15,17,19,22H,3,9,12-13,16H2,1-2H3. The second-order valence-corrected chi connectivity index (χ2v) is 6.93. The molecule has 116 valence electrons. The van der Waals surface area contributed by atoms with E-state index in [1.807, 2.05) is 0 Å². The van der Waals surface area contributed by atoms with Gasteiger partial charge in [0.15, 0.2) is 0 Å². The molecule has 0 N–H and O–H groups in total. The topological polar surface area (TPSA) is 0 Å². The minimum atomic E-state index is 0.662. The van der Waals surface area contributed by atoms with Gasteiger partial charge in [0, 0.05) is 0 Å². The highest BCUT2D eigenvalue weighted by molar-refractivity contribution is 5.35. The van der Waals surface area contributed by atoms with Crippen molar-refractivity contribution in [2.75, 3.05) is 0 Å². The molecule has 0 aromatic heterocycles. The second-order valence-electron chi connectivity index (χ2n) is 6.93. The zero-order valence-electron chi connectivity index (χ0n) is 14.0. The maximum atomic E-state index is 2.40. The van der Waals surface area contributed by atoms with Crippen molar-refractivity contribution in [1.29, 1.82) is 0 Å². The maximum absolute atomic E-state index is 2.40. The highest BCUT2D eigenvalue weighted by atomic mass is 14.3. The lowest BCUT2D eigenvalue weighted by molar-refractivity contribution is 0.258. The average Bonchev–Trinajstić information content (AvgIpc) is 2.53. The van der Waals surface area contributed by atoms with Crippen LogP contribution in [0, 0.1) is 5.92 Å². The third kappa shape index (κ3) is 3.27. The molecule has 0 radical (unpaired) electrons. The molecule has 2 aromatic carbocycles. The third-order valence-electron chi connectivity index (χ3n) is 5.56. The maximum Gasteiger partial charge on any atom is -0.00903 e. The summed E-state index contributed by atoms with van der Waals surface area (Å²) in [5.74, 6) is 2.24. The van der Waals surface area contributed by atoms with Crippen LogP contribution in [0.15, 0.2) is 54.6 Å². The van der Waals surface area contributed by atoms with Gasteiger partial charge in [0.2, 0.25) is 0 Å². The number of hydrogen-bond acceptors (Lipinski definition) is 0. The molecular formula is C22H28. The molecular weight excluding hydrogens is 264 g/mol.